The Morgan fingerprint density at radius 3 is 2.10 bits per heavy atom. The molecule has 1 N–H and O–H groups in total. The third kappa shape index (κ3) is 6.36. The molecule has 0 amide bonds. The fraction of sp³-hybridized carbons (Fsp3) is 0.739. The van der Waals surface area contributed by atoms with Crippen molar-refractivity contribution in [3.05, 3.63) is 28.8 Å². The first kappa shape index (κ1) is 25.0. The first-order chi connectivity index (χ1) is 13.0. The van der Waals surface area contributed by atoms with Crippen LogP contribution in [0, 0.1) is 6.92 Å². The standard InChI is InChI=1S/C23H44O3SSi2/c1-17-15-19(21(24)20(16-17)23(3,4)5)13-12-14-27(26-29(9,10)11)18(2)22(27)25-28(6,7)8/h15-16,18,22,24H,12-14H2,1-11H3. The van der Waals surface area contributed by atoms with Crippen molar-refractivity contribution in [1.82, 2.24) is 0 Å². The van der Waals surface area contributed by atoms with Gasteiger partial charge in [-0.1, -0.05) is 38.5 Å². The molecule has 1 aromatic rings. The van der Waals surface area contributed by atoms with Crippen LogP contribution in [0.4, 0.5) is 0 Å². The maximum atomic E-state index is 10.9. The summed E-state index contributed by atoms with van der Waals surface area (Å²) in [4.78, 5) is 0. The van der Waals surface area contributed by atoms with E-state index in [2.05, 4.69) is 86.0 Å². The molecule has 0 radical (unpaired) electrons. The van der Waals surface area contributed by atoms with E-state index in [-0.39, 0.29) is 5.41 Å². The van der Waals surface area contributed by atoms with Gasteiger partial charge in [0.1, 0.15) is 11.2 Å². The molecule has 1 aromatic carbocycles. The lowest BCUT2D eigenvalue weighted by Gasteiger charge is -2.33. The van der Waals surface area contributed by atoms with Gasteiger partial charge in [-0.15, -0.1) is 10.3 Å². The number of phenolic OH excluding ortho intramolecular Hbond substituents is 1. The molecule has 2 rings (SSSR count). The number of hydrogen-bond donors (Lipinski definition) is 1. The monoisotopic (exact) mass is 456 g/mol. The normalized spacial score (nSPS) is 27.6. The van der Waals surface area contributed by atoms with Crippen molar-refractivity contribution >= 4 is 26.9 Å². The molecule has 1 heterocycles. The molecule has 168 valence electrons. The van der Waals surface area contributed by atoms with E-state index in [4.69, 9.17) is 8.30 Å². The summed E-state index contributed by atoms with van der Waals surface area (Å²) in [6.45, 7) is 24.6. The summed E-state index contributed by atoms with van der Waals surface area (Å²) < 4.78 is 13.4. The van der Waals surface area contributed by atoms with Gasteiger partial charge in [0.2, 0.25) is 0 Å². The molecule has 0 spiro atoms. The summed E-state index contributed by atoms with van der Waals surface area (Å²) in [6.07, 6.45) is 1.93. The van der Waals surface area contributed by atoms with Crippen molar-refractivity contribution in [2.45, 2.75) is 103 Å². The van der Waals surface area contributed by atoms with E-state index in [1.165, 1.54) is 5.56 Å². The Bertz CT molecular complexity index is 731. The van der Waals surface area contributed by atoms with Crippen LogP contribution in [-0.2, 0) is 20.1 Å². The van der Waals surface area contributed by atoms with Gasteiger partial charge in [0.25, 0.3) is 0 Å². The van der Waals surface area contributed by atoms with Gasteiger partial charge >= 0.3 is 0 Å². The molecule has 0 aromatic heterocycles. The number of aromatic hydroxyl groups is 1. The van der Waals surface area contributed by atoms with Crippen molar-refractivity contribution in [3.8, 4) is 5.75 Å². The Balaban J connectivity index is 2.17. The smallest absolute Gasteiger partial charge is 0.200 e. The van der Waals surface area contributed by atoms with Crippen molar-refractivity contribution in [1.29, 1.82) is 0 Å². The zero-order valence-electron chi connectivity index (χ0n) is 20.6. The number of rotatable bonds is 8. The third-order valence-electron chi connectivity index (χ3n) is 5.25. The molecular weight excluding hydrogens is 412 g/mol. The van der Waals surface area contributed by atoms with E-state index in [0.717, 1.165) is 29.7 Å². The summed E-state index contributed by atoms with van der Waals surface area (Å²) in [7, 11) is -4.43. The lowest BCUT2D eigenvalue weighted by Crippen LogP contribution is -2.30. The second-order valence-electron chi connectivity index (χ2n) is 11.7. The highest BCUT2D eigenvalue weighted by atomic mass is 32.3. The molecule has 6 heteroatoms. The summed E-state index contributed by atoms with van der Waals surface area (Å²) >= 11 is 0. The van der Waals surface area contributed by atoms with Gasteiger partial charge in [0.05, 0.1) is 0 Å². The Morgan fingerprint density at radius 1 is 1.03 bits per heavy atom. The average Bonchev–Trinajstić information content (AvgIpc) is 2.99. The van der Waals surface area contributed by atoms with Crippen molar-refractivity contribution < 1.29 is 13.4 Å². The molecule has 3 nitrogen and oxygen atoms in total. The minimum Gasteiger partial charge on any atom is -0.507 e. The van der Waals surface area contributed by atoms with Crippen LogP contribution in [-0.4, -0.2) is 38.2 Å². The number of hydrogen-bond acceptors (Lipinski definition) is 3. The summed E-state index contributed by atoms with van der Waals surface area (Å²) in [5, 5.41) is 11.4. The number of aryl methyl sites for hydroxylation is 2. The van der Waals surface area contributed by atoms with E-state index in [9.17, 15) is 5.11 Å². The van der Waals surface area contributed by atoms with Crippen LogP contribution in [0.1, 0.15) is 50.8 Å². The maximum absolute atomic E-state index is 10.9. The lowest BCUT2D eigenvalue weighted by atomic mass is 9.83. The minimum atomic E-state index is -1.65. The second-order valence-corrected chi connectivity index (χ2v) is 24.2. The highest BCUT2D eigenvalue weighted by Gasteiger charge is 2.61. The molecule has 3 unspecified atom stereocenters. The van der Waals surface area contributed by atoms with Gasteiger partial charge < -0.3 is 13.4 Å². The van der Waals surface area contributed by atoms with Crippen LogP contribution in [0.2, 0.25) is 39.3 Å². The molecule has 0 saturated carbocycles. The lowest BCUT2D eigenvalue weighted by molar-refractivity contribution is 0.309. The molecule has 1 aliphatic rings. The zero-order valence-corrected chi connectivity index (χ0v) is 23.4. The van der Waals surface area contributed by atoms with Crippen LogP contribution < -0.4 is 0 Å². The quantitative estimate of drug-likeness (QED) is 0.335. The third-order valence-corrected chi connectivity index (χ3v) is 13.0. The SMILES string of the molecule is Cc1cc(CCCS2(O[Si](C)(C)C)C(C)C2O[Si](C)(C)C)c(O)c(C(C)(C)C)c1. The fourth-order valence-corrected chi connectivity index (χ4v) is 14.1. The maximum Gasteiger partial charge on any atom is 0.200 e. The van der Waals surface area contributed by atoms with Gasteiger partial charge in [-0.05, 0) is 82.5 Å². The zero-order chi connectivity index (χ0) is 22.4. The topological polar surface area (TPSA) is 38.7 Å². The minimum absolute atomic E-state index is 0.0560. The van der Waals surface area contributed by atoms with Crippen LogP contribution in [0.25, 0.3) is 0 Å². The fourth-order valence-electron chi connectivity index (χ4n) is 4.00. The molecule has 0 bridgehead atoms. The summed E-state index contributed by atoms with van der Waals surface area (Å²) in [5.74, 6) is 1.56. The van der Waals surface area contributed by atoms with Gasteiger partial charge in [-0.2, -0.15) is 0 Å². The first-order valence-electron chi connectivity index (χ1n) is 11.0. The highest BCUT2D eigenvalue weighted by Crippen LogP contribution is 2.77. The number of benzene rings is 1. The summed E-state index contributed by atoms with van der Waals surface area (Å²) in [6, 6.07) is 4.28. The highest BCUT2D eigenvalue weighted by molar-refractivity contribution is 8.37. The predicted octanol–water partition coefficient (Wildman–Crippen LogP) is 7.08. The molecule has 29 heavy (non-hydrogen) atoms. The van der Waals surface area contributed by atoms with Gasteiger partial charge in [0.15, 0.2) is 16.6 Å². The molecule has 1 aliphatic heterocycles. The van der Waals surface area contributed by atoms with Crippen molar-refractivity contribution in [3.63, 3.8) is 0 Å². The van der Waals surface area contributed by atoms with Gasteiger partial charge in [-0.3, -0.25) is 0 Å². The van der Waals surface area contributed by atoms with Crippen LogP contribution in [0.15, 0.2) is 12.1 Å². The Morgan fingerprint density at radius 2 is 1.62 bits per heavy atom. The molecule has 1 fully saturated rings. The predicted molar refractivity (Wildman–Crippen MR) is 134 cm³/mol. The van der Waals surface area contributed by atoms with Gasteiger partial charge in [0, 0.05) is 11.0 Å². The largest absolute Gasteiger partial charge is 0.507 e. The van der Waals surface area contributed by atoms with E-state index >= 15 is 0 Å². The van der Waals surface area contributed by atoms with Crippen LogP contribution in [0.3, 0.4) is 0 Å². The molecule has 0 aliphatic carbocycles. The second kappa shape index (κ2) is 8.34. The summed E-state index contributed by atoms with van der Waals surface area (Å²) in [5.41, 5.74) is 3.60. The van der Waals surface area contributed by atoms with Crippen molar-refractivity contribution in [2.75, 3.05) is 5.75 Å². The average molecular weight is 457 g/mol. The Kier molecular flexibility index (Phi) is 7.19. The van der Waals surface area contributed by atoms with E-state index in [1.807, 2.05) is 0 Å². The van der Waals surface area contributed by atoms with Crippen LogP contribution in [0.5, 0.6) is 5.75 Å². The Hall–Kier alpha value is -0.276. The van der Waals surface area contributed by atoms with E-state index in [0.29, 0.717) is 16.4 Å². The molecule has 3 atom stereocenters. The van der Waals surface area contributed by atoms with Crippen molar-refractivity contribution in [2.24, 2.45) is 0 Å². The first-order valence-corrected chi connectivity index (χ1v) is 19.6. The van der Waals surface area contributed by atoms with Gasteiger partial charge in [-0.25, -0.2) is 0 Å². The molecule has 1 saturated heterocycles. The van der Waals surface area contributed by atoms with E-state index in [1.54, 1.807) is 0 Å². The Labute approximate surface area is 183 Å². The van der Waals surface area contributed by atoms with Crippen LogP contribution >= 0.6 is 10.3 Å². The number of phenols is 1. The molecular formula is C23H44O3SSi2. The van der Waals surface area contributed by atoms with E-state index < -0.39 is 26.9 Å².